The first-order valence-electron chi connectivity index (χ1n) is 9.83. The highest BCUT2D eigenvalue weighted by Gasteiger charge is 2.37. The van der Waals surface area contributed by atoms with E-state index in [4.69, 9.17) is 32.7 Å². The van der Waals surface area contributed by atoms with Crippen LogP contribution in [-0.2, 0) is 25.6 Å². The van der Waals surface area contributed by atoms with Crippen molar-refractivity contribution in [2.24, 2.45) is 5.92 Å². The summed E-state index contributed by atoms with van der Waals surface area (Å²) in [5.41, 5.74) is 0.760. The van der Waals surface area contributed by atoms with Gasteiger partial charge in [0.2, 0.25) is 0 Å². The molecule has 0 radical (unpaired) electrons. The van der Waals surface area contributed by atoms with E-state index in [-0.39, 0.29) is 30.9 Å². The fourth-order valence-corrected chi connectivity index (χ4v) is 4.06. The lowest BCUT2D eigenvalue weighted by molar-refractivity contribution is -0.144. The zero-order chi connectivity index (χ0) is 22.4. The minimum absolute atomic E-state index is 0.127. The number of halogens is 2. The molecule has 7 nitrogen and oxygen atoms in total. The average molecular weight is 459 g/mol. The topological polar surface area (TPSA) is 84.9 Å². The number of rotatable bonds is 10. The number of carbonyl (C=O) groups excluding carboxylic acids is 3. The zero-order valence-electron chi connectivity index (χ0n) is 17.6. The summed E-state index contributed by atoms with van der Waals surface area (Å²) < 4.78 is 10.1. The monoisotopic (exact) mass is 458 g/mol. The molecule has 0 aliphatic carbocycles. The van der Waals surface area contributed by atoms with Crippen LogP contribution in [0.5, 0.6) is 0 Å². The molecule has 3 unspecified atom stereocenters. The second-order valence-electron chi connectivity index (χ2n) is 7.91. The van der Waals surface area contributed by atoms with Crippen molar-refractivity contribution in [3.8, 4) is 0 Å². The molecular weight excluding hydrogens is 431 g/mol. The Labute approximate surface area is 187 Å². The molecule has 1 fully saturated rings. The van der Waals surface area contributed by atoms with E-state index in [0.717, 1.165) is 5.56 Å². The number of hydrogen-bond acceptors (Lipinski definition) is 6. The Morgan fingerprint density at radius 3 is 2.40 bits per heavy atom. The van der Waals surface area contributed by atoms with Crippen LogP contribution in [0.3, 0.4) is 0 Å². The predicted molar refractivity (Wildman–Crippen MR) is 115 cm³/mol. The number of cyclic esters (lactones) is 1. The van der Waals surface area contributed by atoms with Crippen LogP contribution in [-0.4, -0.2) is 54.6 Å². The van der Waals surface area contributed by atoms with Gasteiger partial charge in [-0.25, -0.2) is 4.79 Å². The van der Waals surface area contributed by atoms with Crippen molar-refractivity contribution in [3.05, 3.63) is 33.8 Å². The lowest BCUT2D eigenvalue weighted by Crippen LogP contribution is -2.50. The minimum Gasteiger partial charge on any atom is -0.468 e. The first-order chi connectivity index (χ1) is 14.1. The third kappa shape index (κ3) is 6.86. The van der Waals surface area contributed by atoms with Crippen LogP contribution < -0.4 is 5.32 Å². The van der Waals surface area contributed by atoms with Gasteiger partial charge in [-0.15, -0.1) is 0 Å². The van der Waals surface area contributed by atoms with Crippen molar-refractivity contribution >= 4 is 41.0 Å². The summed E-state index contributed by atoms with van der Waals surface area (Å²) in [5.74, 6) is -0.313. The molecule has 1 aliphatic heterocycles. The van der Waals surface area contributed by atoms with Crippen molar-refractivity contribution < 1.29 is 23.9 Å². The number of Topliss-reactive ketones (excluding diaryl/α,β-unsaturated/α-hetero) is 1. The summed E-state index contributed by atoms with van der Waals surface area (Å²) in [6.45, 7) is 5.84. The first kappa shape index (κ1) is 24.4. The molecule has 9 heteroatoms. The molecule has 1 aromatic rings. The van der Waals surface area contributed by atoms with Gasteiger partial charge in [0, 0.05) is 16.6 Å². The molecule has 0 saturated carbocycles. The van der Waals surface area contributed by atoms with Crippen LogP contribution in [0.25, 0.3) is 0 Å². The Balaban J connectivity index is 2.14. The molecule has 0 aromatic heterocycles. The van der Waals surface area contributed by atoms with Gasteiger partial charge in [0.15, 0.2) is 0 Å². The van der Waals surface area contributed by atoms with Gasteiger partial charge in [-0.2, -0.15) is 0 Å². The number of hydrogen-bond donors (Lipinski definition) is 1. The molecule has 0 bridgehead atoms. The highest BCUT2D eigenvalue weighted by atomic mass is 35.5. The number of ketones is 1. The summed E-state index contributed by atoms with van der Waals surface area (Å²) in [5, 5.41) is 4.06. The van der Waals surface area contributed by atoms with Crippen LogP contribution >= 0.6 is 23.2 Å². The Morgan fingerprint density at radius 1 is 1.23 bits per heavy atom. The maximum atomic E-state index is 12.3. The van der Waals surface area contributed by atoms with Gasteiger partial charge in [-0.3, -0.25) is 19.8 Å². The van der Waals surface area contributed by atoms with Crippen molar-refractivity contribution in [1.82, 2.24) is 10.2 Å². The fraction of sp³-hybridized carbons (Fsp3) is 0.571. The molecular formula is C21H28Cl2N2O5. The molecule has 3 atom stereocenters. The SMILES string of the molecule is COC(=O)C(CC(C)C)NC(CC1COC(=O)N1Cc1cc(Cl)cc(Cl)c1)C(C)=O. The van der Waals surface area contributed by atoms with Gasteiger partial charge in [-0.05, 0) is 49.4 Å². The molecule has 1 heterocycles. The summed E-state index contributed by atoms with van der Waals surface area (Å²) in [7, 11) is 1.32. The molecule has 1 N–H and O–H groups in total. The summed E-state index contributed by atoms with van der Waals surface area (Å²) in [4.78, 5) is 38.3. The van der Waals surface area contributed by atoms with E-state index in [9.17, 15) is 14.4 Å². The van der Waals surface area contributed by atoms with E-state index >= 15 is 0 Å². The molecule has 1 amide bonds. The number of esters is 1. The van der Waals surface area contributed by atoms with Crippen LogP contribution in [0.2, 0.25) is 10.0 Å². The number of nitrogens with zero attached hydrogens (tertiary/aromatic N) is 1. The smallest absolute Gasteiger partial charge is 0.410 e. The molecule has 2 rings (SSSR count). The van der Waals surface area contributed by atoms with Crippen LogP contribution in [0, 0.1) is 5.92 Å². The normalized spacial score (nSPS) is 18.3. The second-order valence-corrected chi connectivity index (χ2v) is 8.78. The lowest BCUT2D eigenvalue weighted by Gasteiger charge is -2.28. The maximum Gasteiger partial charge on any atom is 0.410 e. The van der Waals surface area contributed by atoms with Crippen molar-refractivity contribution in [2.75, 3.05) is 13.7 Å². The summed E-state index contributed by atoms with van der Waals surface area (Å²) in [6.07, 6.45) is 0.368. The molecule has 166 valence electrons. The number of carbonyl (C=O) groups is 3. The number of benzene rings is 1. The Kier molecular flexibility index (Phi) is 8.94. The average Bonchev–Trinajstić information content (AvgIpc) is 2.98. The van der Waals surface area contributed by atoms with Gasteiger partial charge >= 0.3 is 12.1 Å². The van der Waals surface area contributed by atoms with E-state index in [1.165, 1.54) is 14.0 Å². The van der Waals surface area contributed by atoms with Gasteiger partial charge in [-0.1, -0.05) is 37.0 Å². The first-order valence-corrected chi connectivity index (χ1v) is 10.6. The molecule has 1 aliphatic rings. The second kappa shape index (κ2) is 11.0. The van der Waals surface area contributed by atoms with Crippen molar-refractivity contribution in [2.45, 2.75) is 58.3 Å². The van der Waals surface area contributed by atoms with E-state index in [0.29, 0.717) is 22.9 Å². The van der Waals surface area contributed by atoms with Crippen LogP contribution in [0.4, 0.5) is 4.79 Å². The quantitative estimate of drug-likeness (QED) is 0.536. The Hall–Kier alpha value is -1.83. The lowest BCUT2D eigenvalue weighted by atomic mass is 9.98. The van der Waals surface area contributed by atoms with Crippen molar-refractivity contribution in [1.29, 1.82) is 0 Å². The standard InChI is InChI=1S/C21H28Cl2N2O5/c1-12(2)5-19(20(27)29-4)24-18(13(3)26)9-17-11-30-21(28)25(17)10-14-6-15(22)8-16(23)7-14/h6-8,12,17-19,24H,5,9-11H2,1-4H3. The number of methoxy groups -OCH3 is 1. The van der Waals surface area contributed by atoms with Gasteiger partial charge in [0.05, 0.1) is 19.2 Å². The maximum absolute atomic E-state index is 12.3. The van der Waals surface area contributed by atoms with Gasteiger partial charge < -0.3 is 9.47 Å². The van der Waals surface area contributed by atoms with Gasteiger partial charge in [0.25, 0.3) is 0 Å². The van der Waals surface area contributed by atoms with E-state index in [1.807, 2.05) is 13.8 Å². The Bertz CT molecular complexity index is 766. The number of nitrogens with one attached hydrogen (secondary N) is 1. The molecule has 30 heavy (non-hydrogen) atoms. The molecule has 1 saturated heterocycles. The van der Waals surface area contributed by atoms with Gasteiger partial charge in [0.1, 0.15) is 18.4 Å². The van der Waals surface area contributed by atoms with Crippen LogP contribution in [0.15, 0.2) is 18.2 Å². The van der Waals surface area contributed by atoms with Crippen LogP contribution in [0.1, 0.15) is 39.2 Å². The largest absolute Gasteiger partial charge is 0.468 e. The summed E-state index contributed by atoms with van der Waals surface area (Å²) >= 11 is 12.1. The molecule has 1 aromatic carbocycles. The zero-order valence-corrected chi connectivity index (χ0v) is 19.1. The fourth-order valence-electron chi connectivity index (χ4n) is 3.49. The minimum atomic E-state index is -0.627. The Morgan fingerprint density at radius 2 is 1.87 bits per heavy atom. The van der Waals surface area contributed by atoms with E-state index in [1.54, 1.807) is 23.1 Å². The highest BCUT2D eigenvalue weighted by Crippen LogP contribution is 2.25. The number of ether oxygens (including phenoxy) is 2. The highest BCUT2D eigenvalue weighted by molar-refractivity contribution is 6.34. The van der Waals surface area contributed by atoms with E-state index in [2.05, 4.69) is 5.32 Å². The predicted octanol–water partition coefficient (Wildman–Crippen LogP) is 3.84. The molecule has 0 spiro atoms. The van der Waals surface area contributed by atoms with Crippen molar-refractivity contribution in [3.63, 3.8) is 0 Å². The third-order valence-corrected chi connectivity index (χ3v) is 5.38. The van der Waals surface area contributed by atoms with E-state index < -0.39 is 24.1 Å². The third-order valence-electron chi connectivity index (χ3n) is 4.94. The summed E-state index contributed by atoms with van der Waals surface area (Å²) in [6, 6.07) is 3.50. The number of amides is 1.